The molecule has 0 unspecified atom stereocenters. The second kappa shape index (κ2) is 8.21. The fourth-order valence-electron chi connectivity index (χ4n) is 3.51. The summed E-state index contributed by atoms with van der Waals surface area (Å²) >= 11 is 1.40. The molecule has 0 bridgehead atoms. The maximum absolute atomic E-state index is 12.7. The van der Waals surface area contributed by atoms with Crippen LogP contribution in [0.1, 0.15) is 34.2 Å². The van der Waals surface area contributed by atoms with Crippen LogP contribution >= 0.6 is 11.8 Å². The molecule has 0 saturated carbocycles. The van der Waals surface area contributed by atoms with Crippen molar-refractivity contribution < 1.29 is 9.59 Å². The lowest BCUT2D eigenvalue weighted by atomic mass is 10.1. The Balaban J connectivity index is 1.45. The smallest absolute Gasteiger partial charge is 0.231 e. The van der Waals surface area contributed by atoms with Gasteiger partial charge in [0.05, 0.1) is 12.2 Å². The molecular weight excluding hydrogens is 384 g/mol. The SMILES string of the molecule is CCn1c(Cc2ccccc2)nnc1SCC(=O)c1ccc2c(c1)CC(=O)N2C. The number of fused-ring (bicyclic) bond motifs is 1. The Morgan fingerprint density at radius 3 is 2.69 bits per heavy atom. The molecule has 29 heavy (non-hydrogen) atoms. The van der Waals surface area contributed by atoms with Gasteiger partial charge in [-0.05, 0) is 36.2 Å². The van der Waals surface area contributed by atoms with E-state index in [0.717, 1.165) is 28.8 Å². The van der Waals surface area contributed by atoms with E-state index in [9.17, 15) is 9.59 Å². The van der Waals surface area contributed by atoms with E-state index in [2.05, 4.69) is 33.8 Å². The number of nitrogens with zero attached hydrogens (tertiary/aromatic N) is 4. The van der Waals surface area contributed by atoms with Crippen LogP contribution in [0.4, 0.5) is 5.69 Å². The Bertz CT molecular complexity index is 1060. The molecule has 2 heterocycles. The lowest BCUT2D eigenvalue weighted by Crippen LogP contribution is -2.20. The zero-order valence-corrected chi connectivity index (χ0v) is 17.3. The third-order valence-corrected chi connectivity index (χ3v) is 6.09. The van der Waals surface area contributed by atoms with E-state index in [0.29, 0.717) is 18.4 Å². The molecule has 6 nitrogen and oxygen atoms in total. The van der Waals surface area contributed by atoms with Gasteiger partial charge in [0.15, 0.2) is 10.9 Å². The second-order valence-corrected chi connectivity index (χ2v) is 7.93. The predicted octanol–water partition coefficient (Wildman–Crippen LogP) is 3.38. The summed E-state index contributed by atoms with van der Waals surface area (Å²) in [6.45, 7) is 2.80. The third kappa shape index (κ3) is 3.96. The lowest BCUT2D eigenvalue weighted by molar-refractivity contribution is -0.117. The maximum Gasteiger partial charge on any atom is 0.231 e. The van der Waals surface area contributed by atoms with Gasteiger partial charge in [-0.2, -0.15) is 0 Å². The zero-order valence-electron chi connectivity index (χ0n) is 16.5. The Morgan fingerprint density at radius 1 is 1.14 bits per heavy atom. The Labute approximate surface area is 173 Å². The summed E-state index contributed by atoms with van der Waals surface area (Å²) in [7, 11) is 1.76. The number of ketones is 1. The second-order valence-electron chi connectivity index (χ2n) is 6.99. The first-order valence-electron chi connectivity index (χ1n) is 9.58. The standard InChI is InChI=1S/C22H22N4O2S/c1-3-26-20(11-15-7-5-4-6-8-15)23-24-22(26)29-14-19(27)16-9-10-18-17(12-16)13-21(28)25(18)2/h4-10,12H,3,11,13-14H2,1-2H3. The zero-order chi connectivity index (χ0) is 20.4. The van der Waals surface area contributed by atoms with Gasteiger partial charge in [-0.15, -0.1) is 10.2 Å². The van der Waals surface area contributed by atoms with Gasteiger partial charge in [0.1, 0.15) is 5.82 Å². The summed E-state index contributed by atoms with van der Waals surface area (Å²) in [5.74, 6) is 1.26. The number of thioether (sulfide) groups is 1. The van der Waals surface area contributed by atoms with E-state index in [1.54, 1.807) is 18.0 Å². The molecule has 148 valence electrons. The number of aromatic nitrogens is 3. The molecule has 0 atom stereocenters. The van der Waals surface area contributed by atoms with E-state index in [1.165, 1.54) is 17.3 Å². The van der Waals surface area contributed by atoms with Crippen LogP contribution in [0.25, 0.3) is 0 Å². The highest BCUT2D eigenvalue weighted by Gasteiger charge is 2.25. The van der Waals surface area contributed by atoms with Gasteiger partial charge < -0.3 is 9.47 Å². The molecule has 2 aromatic carbocycles. The molecule has 1 aliphatic heterocycles. The number of carbonyl (C=O) groups is 2. The van der Waals surface area contributed by atoms with Gasteiger partial charge in [-0.1, -0.05) is 42.1 Å². The van der Waals surface area contributed by atoms with Gasteiger partial charge in [-0.25, -0.2) is 0 Å². The molecule has 0 spiro atoms. The summed E-state index contributed by atoms with van der Waals surface area (Å²) in [6, 6.07) is 15.6. The van der Waals surface area contributed by atoms with Crippen molar-refractivity contribution in [1.82, 2.24) is 14.8 Å². The van der Waals surface area contributed by atoms with E-state index >= 15 is 0 Å². The van der Waals surface area contributed by atoms with E-state index in [4.69, 9.17) is 0 Å². The average molecular weight is 407 g/mol. The molecule has 1 aliphatic rings. The van der Waals surface area contributed by atoms with Crippen LogP contribution in [0.15, 0.2) is 53.7 Å². The van der Waals surface area contributed by atoms with Gasteiger partial charge in [0.2, 0.25) is 5.91 Å². The number of benzene rings is 2. The normalized spacial score (nSPS) is 13.0. The van der Waals surface area contributed by atoms with Gasteiger partial charge in [-0.3, -0.25) is 9.59 Å². The number of Topliss-reactive ketones (excluding diaryl/α,β-unsaturated/α-hetero) is 1. The average Bonchev–Trinajstić information content (AvgIpc) is 3.26. The van der Waals surface area contributed by atoms with Crippen molar-refractivity contribution in [2.24, 2.45) is 0 Å². The third-order valence-electron chi connectivity index (χ3n) is 5.13. The van der Waals surface area contributed by atoms with Crippen molar-refractivity contribution in [3.05, 3.63) is 71.0 Å². The number of rotatable bonds is 7. The van der Waals surface area contributed by atoms with E-state index in [-0.39, 0.29) is 17.4 Å². The van der Waals surface area contributed by atoms with Gasteiger partial charge in [0.25, 0.3) is 0 Å². The van der Waals surface area contributed by atoms with Crippen molar-refractivity contribution in [1.29, 1.82) is 0 Å². The Hall–Kier alpha value is -2.93. The Kier molecular flexibility index (Phi) is 5.49. The summed E-state index contributed by atoms with van der Waals surface area (Å²) in [5.41, 5.74) is 3.61. The van der Waals surface area contributed by atoms with Gasteiger partial charge in [0, 0.05) is 31.3 Å². The highest BCUT2D eigenvalue weighted by Crippen LogP contribution is 2.29. The first kappa shape index (κ1) is 19.4. The molecule has 0 saturated heterocycles. The minimum atomic E-state index is 0.0232. The Morgan fingerprint density at radius 2 is 1.93 bits per heavy atom. The van der Waals surface area contributed by atoms with Crippen LogP contribution in [-0.4, -0.2) is 39.3 Å². The molecule has 0 N–H and O–H groups in total. The molecule has 7 heteroatoms. The first-order chi connectivity index (χ1) is 14.1. The molecule has 0 aliphatic carbocycles. The molecule has 0 radical (unpaired) electrons. The van der Waals surface area contributed by atoms with Gasteiger partial charge >= 0.3 is 0 Å². The molecule has 3 aromatic rings. The highest BCUT2D eigenvalue weighted by atomic mass is 32.2. The lowest BCUT2D eigenvalue weighted by Gasteiger charge is -2.10. The quantitative estimate of drug-likeness (QED) is 0.444. The van der Waals surface area contributed by atoms with Crippen molar-refractivity contribution in [2.45, 2.75) is 31.5 Å². The summed E-state index contributed by atoms with van der Waals surface area (Å²) in [4.78, 5) is 26.2. The molecular formula is C22H22N4O2S. The molecule has 4 rings (SSSR count). The fourth-order valence-corrected chi connectivity index (χ4v) is 4.43. The summed E-state index contributed by atoms with van der Waals surface area (Å²) in [5, 5.41) is 9.39. The number of amides is 1. The fraction of sp³-hybridized carbons (Fsp3) is 0.273. The summed E-state index contributed by atoms with van der Waals surface area (Å²) < 4.78 is 2.06. The minimum absolute atomic E-state index is 0.0232. The number of hydrogen-bond acceptors (Lipinski definition) is 5. The van der Waals surface area contributed by atoms with Crippen molar-refractivity contribution in [3.63, 3.8) is 0 Å². The molecule has 1 amide bonds. The van der Waals surface area contributed by atoms with Crippen LogP contribution in [0.2, 0.25) is 0 Å². The van der Waals surface area contributed by atoms with Crippen molar-refractivity contribution >= 4 is 29.1 Å². The predicted molar refractivity (Wildman–Crippen MR) is 114 cm³/mol. The molecule has 0 fully saturated rings. The summed E-state index contributed by atoms with van der Waals surface area (Å²) in [6.07, 6.45) is 1.07. The van der Waals surface area contributed by atoms with Crippen molar-refractivity contribution in [2.75, 3.05) is 17.7 Å². The van der Waals surface area contributed by atoms with Crippen molar-refractivity contribution in [3.8, 4) is 0 Å². The number of anilines is 1. The number of likely N-dealkylation sites (N-methyl/N-ethyl adjacent to an activating group) is 1. The van der Waals surface area contributed by atoms with Crippen LogP contribution in [-0.2, 0) is 24.2 Å². The van der Waals surface area contributed by atoms with Crippen LogP contribution < -0.4 is 4.90 Å². The molecule has 1 aromatic heterocycles. The largest absolute Gasteiger partial charge is 0.315 e. The first-order valence-corrected chi connectivity index (χ1v) is 10.6. The highest BCUT2D eigenvalue weighted by molar-refractivity contribution is 7.99. The van der Waals surface area contributed by atoms with Crippen LogP contribution in [0.5, 0.6) is 0 Å². The number of hydrogen-bond donors (Lipinski definition) is 0. The minimum Gasteiger partial charge on any atom is -0.315 e. The van der Waals surface area contributed by atoms with Crippen LogP contribution in [0.3, 0.4) is 0 Å². The topological polar surface area (TPSA) is 68.1 Å². The maximum atomic E-state index is 12.7. The van der Waals surface area contributed by atoms with E-state index in [1.807, 2.05) is 30.3 Å². The van der Waals surface area contributed by atoms with E-state index < -0.39 is 0 Å². The monoisotopic (exact) mass is 406 g/mol. The van der Waals surface area contributed by atoms with Crippen LogP contribution in [0, 0.1) is 0 Å². The number of carbonyl (C=O) groups excluding carboxylic acids is 2.